The second-order valence-electron chi connectivity index (χ2n) is 5.27. The van der Waals surface area contributed by atoms with E-state index >= 15 is 0 Å². The van der Waals surface area contributed by atoms with Crippen molar-refractivity contribution in [3.05, 3.63) is 28.8 Å². The van der Waals surface area contributed by atoms with Crippen molar-refractivity contribution in [3.63, 3.8) is 0 Å². The van der Waals surface area contributed by atoms with Gasteiger partial charge in [-0.15, -0.1) is 0 Å². The molecule has 4 heteroatoms. The molecule has 1 aromatic carbocycles. The molecular weight excluding hydrogens is 246 g/mol. The van der Waals surface area contributed by atoms with E-state index in [0.29, 0.717) is 6.04 Å². The third-order valence-electron chi connectivity index (χ3n) is 4.07. The molecule has 0 saturated carbocycles. The maximum atomic E-state index is 6.12. The van der Waals surface area contributed by atoms with Crippen LogP contribution >= 0.6 is 11.6 Å². The van der Waals surface area contributed by atoms with Crippen LogP contribution < -0.4 is 10.2 Å². The summed E-state index contributed by atoms with van der Waals surface area (Å²) in [5.41, 5.74) is 2.62. The highest BCUT2D eigenvalue weighted by molar-refractivity contribution is 6.30. The normalized spacial score (nSPS) is 25.0. The summed E-state index contributed by atoms with van der Waals surface area (Å²) in [6.45, 7) is 8.97. The van der Waals surface area contributed by atoms with Crippen molar-refractivity contribution in [1.82, 2.24) is 10.2 Å². The minimum atomic E-state index is 0.644. The highest BCUT2D eigenvalue weighted by Gasteiger charge is 2.29. The van der Waals surface area contributed by atoms with Crippen LogP contribution in [0, 0.1) is 6.92 Å². The van der Waals surface area contributed by atoms with Crippen molar-refractivity contribution in [2.45, 2.75) is 13.0 Å². The van der Waals surface area contributed by atoms with Crippen molar-refractivity contribution in [3.8, 4) is 0 Å². The number of nitrogens with zero attached hydrogens (tertiary/aromatic N) is 2. The molecule has 3 rings (SSSR count). The molecule has 0 aromatic heterocycles. The molecule has 1 N–H and O–H groups in total. The number of piperazine rings is 2. The van der Waals surface area contributed by atoms with Gasteiger partial charge in [0.05, 0.1) is 0 Å². The Morgan fingerprint density at radius 1 is 1.28 bits per heavy atom. The van der Waals surface area contributed by atoms with Gasteiger partial charge in [-0.25, -0.2) is 0 Å². The lowest BCUT2D eigenvalue weighted by Crippen LogP contribution is -2.61. The predicted octanol–water partition coefficient (Wildman–Crippen LogP) is 1.74. The fourth-order valence-corrected chi connectivity index (χ4v) is 3.18. The lowest BCUT2D eigenvalue weighted by molar-refractivity contribution is 0.146. The molecule has 3 nitrogen and oxygen atoms in total. The van der Waals surface area contributed by atoms with Gasteiger partial charge in [-0.05, 0) is 24.6 Å². The first-order chi connectivity index (χ1) is 8.74. The number of halogens is 1. The van der Waals surface area contributed by atoms with Crippen molar-refractivity contribution in [1.29, 1.82) is 0 Å². The number of nitrogens with one attached hydrogen (secondary N) is 1. The smallest absolute Gasteiger partial charge is 0.0426 e. The van der Waals surface area contributed by atoms with Gasteiger partial charge in [-0.1, -0.05) is 17.7 Å². The highest BCUT2D eigenvalue weighted by atomic mass is 35.5. The van der Waals surface area contributed by atoms with Gasteiger partial charge < -0.3 is 10.2 Å². The summed E-state index contributed by atoms with van der Waals surface area (Å²) in [5.74, 6) is 0. The van der Waals surface area contributed by atoms with Crippen LogP contribution in [0.1, 0.15) is 5.56 Å². The Kier molecular flexibility index (Phi) is 3.46. The van der Waals surface area contributed by atoms with Crippen LogP contribution in [-0.2, 0) is 0 Å². The largest absolute Gasteiger partial charge is 0.368 e. The lowest BCUT2D eigenvalue weighted by Gasteiger charge is -2.45. The Morgan fingerprint density at radius 3 is 3.06 bits per heavy atom. The summed E-state index contributed by atoms with van der Waals surface area (Å²) in [6.07, 6.45) is 0. The predicted molar refractivity (Wildman–Crippen MR) is 76.6 cm³/mol. The second kappa shape index (κ2) is 5.08. The molecular formula is C14H20ClN3. The summed E-state index contributed by atoms with van der Waals surface area (Å²) in [5, 5.41) is 4.32. The molecule has 2 aliphatic rings. The van der Waals surface area contributed by atoms with E-state index in [1.165, 1.54) is 17.8 Å². The second-order valence-corrected chi connectivity index (χ2v) is 5.71. The molecule has 2 aliphatic heterocycles. The number of aryl methyl sites for hydroxylation is 1. The molecule has 1 unspecified atom stereocenters. The standard InChI is InChI=1S/C14H20ClN3/c1-11-2-3-12(15)8-14(11)18-7-6-17-5-4-16-9-13(17)10-18/h2-3,8,13,16H,4-7,9-10H2,1H3. The number of hydrogen-bond acceptors (Lipinski definition) is 3. The highest BCUT2D eigenvalue weighted by Crippen LogP contribution is 2.26. The maximum absolute atomic E-state index is 6.12. The maximum Gasteiger partial charge on any atom is 0.0426 e. The Morgan fingerprint density at radius 2 is 2.17 bits per heavy atom. The molecule has 18 heavy (non-hydrogen) atoms. The Hall–Kier alpha value is -0.770. The van der Waals surface area contributed by atoms with E-state index in [9.17, 15) is 0 Å². The van der Waals surface area contributed by atoms with Crippen LogP contribution in [0.4, 0.5) is 5.69 Å². The Bertz CT molecular complexity index is 435. The molecule has 1 aromatic rings. The van der Waals surface area contributed by atoms with Crippen LogP contribution in [0.3, 0.4) is 0 Å². The summed E-state index contributed by atoms with van der Waals surface area (Å²) in [6, 6.07) is 6.83. The van der Waals surface area contributed by atoms with E-state index in [1.54, 1.807) is 0 Å². The van der Waals surface area contributed by atoms with E-state index in [4.69, 9.17) is 11.6 Å². The molecule has 98 valence electrons. The van der Waals surface area contributed by atoms with Gasteiger partial charge >= 0.3 is 0 Å². The minimum absolute atomic E-state index is 0.644. The van der Waals surface area contributed by atoms with Crippen LogP contribution in [0.15, 0.2) is 18.2 Å². The monoisotopic (exact) mass is 265 g/mol. The SMILES string of the molecule is Cc1ccc(Cl)cc1N1CCN2CCNCC2C1. The average molecular weight is 266 g/mol. The third-order valence-corrected chi connectivity index (χ3v) is 4.31. The molecule has 0 aliphatic carbocycles. The lowest BCUT2D eigenvalue weighted by atomic mass is 10.1. The topological polar surface area (TPSA) is 18.5 Å². The zero-order valence-electron chi connectivity index (χ0n) is 10.8. The molecule has 2 fully saturated rings. The van der Waals surface area contributed by atoms with E-state index in [2.05, 4.69) is 34.2 Å². The number of benzene rings is 1. The van der Waals surface area contributed by atoms with Gasteiger partial charge in [0, 0.05) is 56.0 Å². The van der Waals surface area contributed by atoms with E-state index in [0.717, 1.165) is 37.7 Å². The molecule has 0 bridgehead atoms. The quantitative estimate of drug-likeness (QED) is 0.835. The summed E-state index contributed by atoms with van der Waals surface area (Å²) in [7, 11) is 0. The summed E-state index contributed by atoms with van der Waals surface area (Å²) in [4.78, 5) is 5.09. The van der Waals surface area contributed by atoms with Crippen molar-refractivity contribution < 1.29 is 0 Å². The van der Waals surface area contributed by atoms with E-state index < -0.39 is 0 Å². The van der Waals surface area contributed by atoms with Crippen molar-refractivity contribution in [2.24, 2.45) is 0 Å². The number of rotatable bonds is 1. The van der Waals surface area contributed by atoms with E-state index in [1.807, 2.05) is 6.07 Å². The number of hydrogen-bond donors (Lipinski definition) is 1. The van der Waals surface area contributed by atoms with Gasteiger partial charge in [0.2, 0.25) is 0 Å². The summed E-state index contributed by atoms with van der Waals surface area (Å²) >= 11 is 6.12. The molecule has 0 spiro atoms. The van der Waals surface area contributed by atoms with Crippen LogP contribution in [0.2, 0.25) is 5.02 Å². The first kappa shape index (κ1) is 12.3. The van der Waals surface area contributed by atoms with Crippen LogP contribution in [0.5, 0.6) is 0 Å². The number of anilines is 1. The average Bonchev–Trinajstić information content (AvgIpc) is 2.41. The van der Waals surface area contributed by atoms with Gasteiger partial charge in [-0.3, -0.25) is 4.90 Å². The number of fused-ring (bicyclic) bond motifs is 1. The third kappa shape index (κ3) is 2.35. The minimum Gasteiger partial charge on any atom is -0.368 e. The Labute approximate surface area is 114 Å². The van der Waals surface area contributed by atoms with Crippen LogP contribution in [-0.4, -0.2) is 50.2 Å². The summed E-state index contributed by atoms with van der Waals surface area (Å²) < 4.78 is 0. The van der Waals surface area contributed by atoms with Gasteiger partial charge in [-0.2, -0.15) is 0 Å². The molecule has 2 heterocycles. The first-order valence-electron chi connectivity index (χ1n) is 6.70. The van der Waals surface area contributed by atoms with Gasteiger partial charge in [0.15, 0.2) is 0 Å². The molecule has 0 amide bonds. The zero-order chi connectivity index (χ0) is 12.5. The molecule has 0 radical (unpaired) electrons. The van der Waals surface area contributed by atoms with Crippen LogP contribution in [0.25, 0.3) is 0 Å². The molecule has 1 atom stereocenters. The van der Waals surface area contributed by atoms with Gasteiger partial charge in [0.25, 0.3) is 0 Å². The fourth-order valence-electron chi connectivity index (χ4n) is 3.01. The van der Waals surface area contributed by atoms with E-state index in [-0.39, 0.29) is 0 Å². The zero-order valence-corrected chi connectivity index (χ0v) is 11.6. The Balaban J connectivity index is 1.79. The van der Waals surface area contributed by atoms with Crippen molar-refractivity contribution in [2.75, 3.05) is 44.2 Å². The molecule has 2 saturated heterocycles. The first-order valence-corrected chi connectivity index (χ1v) is 7.08. The van der Waals surface area contributed by atoms with Gasteiger partial charge in [0.1, 0.15) is 0 Å². The van der Waals surface area contributed by atoms with Crippen molar-refractivity contribution >= 4 is 17.3 Å². The fraction of sp³-hybridized carbons (Fsp3) is 0.571.